The summed E-state index contributed by atoms with van der Waals surface area (Å²) in [5.41, 5.74) is 0. The summed E-state index contributed by atoms with van der Waals surface area (Å²) in [6.45, 7) is 1.49. The topological polar surface area (TPSA) is 51.0 Å². The molecule has 0 amide bonds. The van der Waals surface area contributed by atoms with E-state index in [1.54, 1.807) is 12.7 Å². The highest BCUT2D eigenvalue weighted by atomic mass is 16.1. The van der Waals surface area contributed by atoms with Crippen LogP contribution in [0.2, 0.25) is 0 Å². The van der Waals surface area contributed by atoms with E-state index in [2.05, 4.69) is 15.0 Å². The first kappa shape index (κ1) is 11.3. The quantitative estimate of drug-likeness (QED) is 0.684. The minimum absolute atomic E-state index is 0.542. The molecule has 0 saturated heterocycles. The van der Waals surface area contributed by atoms with Gasteiger partial charge in [-0.2, -0.15) is 5.10 Å². The van der Waals surface area contributed by atoms with Crippen LogP contribution in [0.3, 0.4) is 0 Å². The van der Waals surface area contributed by atoms with Crippen LogP contribution in [-0.4, -0.2) is 45.6 Å². The standard InChI is InChI=1S/C11H18N4O/c1-14(4-5-16)11-3-2-10(6-11)7-15-9-12-8-13-15/h5,8-11H,2-4,6-7H2,1H3. The van der Waals surface area contributed by atoms with Crippen LogP contribution in [0.1, 0.15) is 19.3 Å². The Bertz CT molecular complexity index is 325. The molecule has 1 heterocycles. The normalized spacial score (nSPS) is 25.1. The third-order valence-corrected chi connectivity index (χ3v) is 3.41. The molecule has 88 valence electrons. The van der Waals surface area contributed by atoms with Crippen molar-refractivity contribution in [3.63, 3.8) is 0 Å². The second-order valence-electron chi connectivity index (χ2n) is 4.56. The molecule has 0 spiro atoms. The third-order valence-electron chi connectivity index (χ3n) is 3.41. The van der Waals surface area contributed by atoms with E-state index in [4.69, 9.17) is 0 Å². The molecule has 1 fully saturated rings. The summed E-state index contributed by atoms with van der Waals surface area (Å²) in [7, 11) is 2.02. The fraction of sp³-hybridized carbons (Fsp3) is 0.727. The Kier molecular flexibility index (Phi) is 3.66. The van der Waals surface area contributed by atoms with Crippen LogP contribution >= 0.6 is 0 Å². The third kappa shape index (κ3) is 2.66. The summed E-state index contributed by atoms with van der Waals surface area (Å²) >= 11 is 0. The van der Waals surface area contributed by atoms with Crippen molar-refractivity contribution in [2.45, 2.75) is 31.8 Å². The Morgan fingerprint density at radius 1 is 1.56 bits per heavy atom. The van der Waals surface area contributed by atoms with Crippen LogP contribution in [0.25, 0.3) is 0 Å². The van der Waals surface area contributed by atoms with Crippen LogP contribution in [0, 0.1) is 5.92 Å². The summed E-state index contributed by atoms with van der Waals surface area (Å²) in [5, 5.41) is 4.12. The zero-order valence-electron chi connectivity index (χ0n) is 9.62. The molecule has 1 aromatic rings. The maximum absolute atomic E-state index is 10.4. The predicted molar refractivity (Wildman–Crippen MR) is 59.8 cm³/mol. The summed E-state index contributed by atoms with van der Waals surface area (Å²) in [5.74, 6) is 0.667. The van der Waals surface area contributed by atoms with Crippen molar-refractivity contribution in [1.82, 2.24) is 19.7 Å². The average Bonchev–Trinajstić information content (AvgIpc) is 2.90. The fourth-order valence-corrected chi connectivity index (χ4v) is 2.47. The van der Waals surface area contributed by atoms with Crippen molar-refractivity contribution in [2.24, 2.45) is 5.92 Å². The van der Waals surface area contributed by atoms with E-state index in [1.807, 2.05) is 11.7 Å². The van der Waals surface area contributed by atoms with Crippen molar-refractivity contribution in [3.8, 4) is 0 Å². The number of carbonyl (C=O) groups excluding carboxylic acids is 1. The number of carbonyl (C=O) groups is 1. The van der Waals surface area contributed by atoms with Gasteiger partial charge in [-0.1, -0.05) is 0 Å². The summed E-state index contributed by atoms with van der Waals surface area (Å²) in [4.78, 5) is 16.5. The molecule has 2 unspecified atom stereocenters. The van der Waals surface area contributed by atoms with Gasteiger partial charge in [0, 0.05) is 12.6 Å². The molecule has 1 saturated carbocycles. The number of aromatic nitrogens is 3. The molecule has 0 aliphatic heterocycles. The van der Waals surface area contributed by atoms with E-state index < -0.39 is 0 Å². The Morgan fingerprint density at radius 2 is 2.44 bits per heavy atom. The first-order chi connectivity index (χ1) is 7.79. The second-order valence-corrected chi connectivity index (χ2v) is 4.56. The second kappa shape index (κ2) is 5.21. The van der Waals surface area contributed by atoms with Crippen molar-refractivity contribution in [1.29, 1.82) is 0 Å². The van der Waals surface area contributed by atoms with Crippen molar-refractivity contribution >= 4 is 6.29 Å². The van der Waals surface area contributed by atoms with Gasteiger partial charge in [0.05, 0.1) is 6.54 Å². The molecular weight excluding hydrogens is 204 g/mol. The highest BCUT2D eigenvalue weighted by Crippen LogP contribution is 2.29. The number of hydrogen-bond acceptors (Lipinski definition) is 4. The van der Waals surface area contributed by atoms with Gasteiger partial charge in [-0.05, 0) is 32.2 Å². The lowest BCUT2D eigenvalue weighted by molar-refractivity contribution is -0.109. The molecule has 2 rings (SSSR count). The molecule has 2 atom stereocenters. The van der Waals surface area contributed by atoms with E-state index in [0.29, 0.717) is 18.5 Å². The molecule has 0 N–H and O–H groups in total. The lowest BCUT2D eigenvalue weighted by Gasteiger charge is -2.21. The molecule has 1 aliphatic rings. The van der Waals surface area contributed by atoms with Crippen molar-refractivity contribution in [3.05, 3.63) is 12.7 Å². The minimum Gasteiger partial charge on any atom is -0.302 e. The van der Waals surface area contributed by atoms with Gasteiger partial charge in [0.15, 0.2) is 0 Å². The number of likely N-dealkylation sites (N-methyl/N-ethyl adjacent to an activating group) is 1. The first-order valence-corrected chi connectivity index (χ1v) is 5.76. The van der Waals surface area contributed by atoms with E-state index in [-0.39, 0.29) is 0 Å². The fourth-order valence-electron chi connectivity index (χ4n) is 2.47. The van der Waals surface area contributed by atoms with Gasteiger partial charge in [0.25, 0.3) is 0 Å². The van der Waals surface area contributed by atoms with E-state index >= 15 is 0 Å². The number of rotatable bonds is 5. The van der Waals surface area contributed by atoms with Crippen molar-refractivity contribution in [2.75, 3.05) is 13.6 Å². The number of aldehydes is 1. The van der Waals surface area contributed by atoms with Crippen molar-refractivity contribution < 1.29 is 4.79 Å². The minimum atomic E-state index is 0.542. The van der Waals surface area contributed by atoms with Gasteiger partial charge in [-0.25, -0.2) is 4.98 Å². The Labute approximate surface area is 95.5 Å². The SMILES string of the molecule is CN(CC=O)C1CCC(Cn2cncn2)C1. The van der Waals surface area contributed by atoms with E-state index in [0.717, 1.165) is 19.3 Å². The van der Waals surface area contributed by atoms with Crippen LogP contribution < -0.4 is 0 Å². The van der Waals surface area contributed by atoms with Crippen LogP contribution in [-0.2, 0) is 11.3 Å². The highest BCUT2D eigenvalue weighted by molar-refractivity contribution is 5.51. The summed E-state index contributed by atoms with van der Waals surface area (Å²) in [6.07, 6.45) is 7.87. The molecule has 0 radical (unpaired) electrons. The average molecular weight is 222 g/mol. The Morgan fingerprint density at radius 3 is 3.12 bits per heavy atom. The molecular formula is C11H18N4O. The van der Waals surface area contributed by atoms with E-state index in [9.17, 15) is 4.79 Å². The van der Waals surface area contributed by atoms with Gasteiger partial charge in [0.2, 0.25) is 0 Å². The zero-order chi connectivity index (χ0) is 11.4. The zero-order valence-corrected chi connectivity index (χ0v) is 9.62. The van der Waals surface area contributed by atoms with Gasteiger partial charge in [0.1, 0.15) is 18.9 Å². The molecule has 0 aromatic carbocycles. The maximum Gasteiger partial charge on any atom is 0.137 e. The Balaban J connectivity index is 1.81. The monoisotopic (exact) mass is 222 g/mol. The predicted octanol–water partition coefficient (Wildman–Crippen LogP) is 0.577. The van der Waals surface area contributed by atoms with Gasteiger partial charge >= 0.3 is 0 Å². The summed E-state index contributed by atoms with van der Waals surface area (Å²) in [6, 6.07) is 0.554. The van der Waals surface area contributed by atoms with Gasteiger partial charge < -0.3 is 4.79 Å². The Hall–Kier alpha value is -1.23. The lowest BCUT2D eigenvalue weighted by atomic mass is 10.1. The molecule has 5 nitrogen and oxygen atoms in total. The highest BCUT2D eigenvalue weighted by Gasteiger charge is 2.27. The van der Waals surface area contributed by atoms with E-state index in [1.165, 1.54) is 12.8 Å². The lowest BCUT2D eigenvalue weighted by Crippen LogP contribution is -2.31. The molecule has 16 heavy (non-hydrogen) atoms. The van der Waals surface area contributed by atoms with Crippen LogP contribution in [0.15, 0.2) is 12.7 Å². The largest absolute Gasteiger partial charge is 0.302 e. The molecule has 0 bridgehead atoms. The molecule has 1 aromatic heterocycles. The molecule has 1 aliphatic carbocycles. The first-order valence-electron chi connectivity index (χ1n) is 5.76. The number of nitrogens with zero attached hydrogens (tertiary/aromatic N) is 4. The van der Waals surface area contributed by atoms with Gasteiger partial charge in [-0.3, -0.25) is 9.58 Å². The smallest absolute Gasteiger partial charge is 0.137 e. The summed E-state index contributed by atoms with van der Waals surface area (Å²) < 4.78 is 1.90. The van der Waals surface area contributed by atoms with Gasteiger partial charge in [-0.15, -0.1) is 0 Å². The maximum atomic E-state index is 10.4. The molecule has 5 heteroatoms. The van der Waals surface area contributed by atoms with Crippen LogP contribution in [0.5, 0.6) is 0 Å². The number of hydrogen-bond donors (Lipinski definition) is 0. The van der Waals surface area contributed by atoms with Crippen LogP contribution in [0.4, 0.5) is 0 Å².